The Kier molecular flexibility index (Phi) is 4.11. The average molecular weight is 193 g/mol. The fraction of sp³-hybridized carbons (Fsp3) is 0.455. The molecule has 1 rings (SSSR count). The van der Waals surface area contributed by atoms with Gasteiger partial charge in [-0.25, -0.2) is 0 Å². The van der Waals surface area contributed by atoms with E-state index in [0.717, 1.165) is 12.0 Å². The maximum Gasteiger partial charge on any atom is 0.217 e. The standard InChI is InChI=1S/C11H15NO2/c1-2-6-11(12(13)14)9-10-7-4-3-5-8-10/h3-5,7-8,11H,2,6,9H2,1H3. The quantitative estimate of drug-likeness (QED) is 0.533. The van der Waals surface area contributed by atoms with Gasteiger partial charge in [0, 0.05) is 17.8 Å². The van der Waals surface area contributed by atoms with Crippen molar-refractivity contribution in [3.63, 3.8) is 0 Å². The average Bonchev–Trinajstić information content (AvgIpc) is 2.18. The van der Waals surface area contributed by atoms with Gasteiger partial charge in [0.15, 0.2) is 0 Å². The Morgan fingerprint density at radius 3 is 2.50 bits per heavy atom. The zero-order valence-corrected chi connectivity index (χ0v) is 8.35. The highest BCUT2D eigenvalue weighted by Gasteiger charge is 2.18. The lowest BCUT2D eigenvalue weighted by Crippen LogP contribution is -2.21. The summed E-state index contributed by atoms with van der Waals surface area (Å²) in [6.07, 6.45) is 2.06. The number of benzene rings is 1. The highest BCUT2D eigenvalue weighted by molar-refractivity contribution is 5.15. The van der Waals surface area contributed by atoms with Crippen molar-refractivity contribution in [2.24, 2.45) is 0 Å². The summed E-state index contributed by atoms with van der Waals surface area (Å²) < 4.78 is 0. The highest BCUT2D eigenvalue weighted by Crippen LogP contribution is 2.09. The fourth-order valence-electron chi connectivity index (χ4n) is 1.50. The minimum absolute atomic E-state index is 0.170. The van der Waals surface area contributed by atoms with Gasteiger partial charge >= 0.3 is 0 Å². The lowest BCUT2D eigenvalue weighted by atomic mass is 10.0. The van der Waals surface area contributed by atoms with Gasteiger partial charge in [-0.15, -0.1) is 0 Å². The van der Waals surface area contributed by atoms with Crippen LogP contribution in [0.1, 0.15) is 25.3 Å². The Balaban J connectivity index is 2.60. The molecule has 0 N–H and O–H groups in total. The van der Waals surface area contributed by atoms with Crippen molar-refractivity contribution < 1.29 is 4.92 Å². The first-order valence-corrected chi connectivity index (χ1v) is 4.91. The second-order valence-electron chi connectivity index (χ2n) is 3.42. The molecule has 0 heterocycles. The van der Waals surface area contributed by atoms with E-state index < -0.39 is 6.04 Å². The summed E-state index contributed by atoms with van der Waals surface area (Å²) in [6.45, 7) is 1.97. The maximum absolute atomic E-state index is 10.7. The monoisotopic (exact) mass is 193 g/mol. The van der Waals surface area contributed by atoms with Crippen LogP contribution in [0, 0.1) is 10.1 Å². The fourth-order valence-corrected chi connectivity index (χ4v) is 1.50. The smallest absolute Gasteiger partial charge is 0.217 e. The van der Waals surface area contributed by atoms with Gasteiger partial charge in [-0.05, 0) is 12.0 Å². The van der Waals surface area contributed by atoms with Crippen LogP contribution in [0.15, 0.2) is 30.3 Å². The number of nitrogens with zero attached hydrogens (tertiary/aromatic N) is 1. The number of rotatable bonds is 5. The largest absolute Gasteiger partial charge is 0.264 e. The van der Waals surface area contributed by atoms with Crippen LogP contribution in [0.3, 0.4) is 0 Å². The van der Waals surface area contributed by atoms with Crippen molar-refractivity contribution in [3.8, 4) is 0 Å². The van der Waals surface area contributed by atoms with Gasteiger partial charge in [-0.1, -0.05) is 37.3 Å². The summed E-state index contributed by atoms with van der Waals surface area (Å²) in [5, 5.41) is 10.7. The molecule has 1 unspecified atom stereocenters. The van der Waals surface area contributed by atoms with E-state index in [-0.39, 0.29) is 4.92 Å². The highest BCUT2D eigenvalue weighted by atomic mass is 16.6. The zero-order valence-electron chi connectivity index (χ0n) is 8.35. The molecule has 0 radical (unpaired) electrons. The molecule has 3 nitrogen and oxygen atoms in total. The molecule has 14 heavy (non-hydrogen) atoms. The molecule has 0 aliphatic heterocycles. The summed E-state index contributed by atoms with van der Waals surface area (Å²) in [6, 6.07) is 9.20. The summed E-state index contributed by atoms with van der Waals surface area (Å²) in [5.41, 5.74) is 1.04. The van der Waals surface area contributed by atoms with E-state index in [1.165, 1.54) is 0 Å². The van der Waals surface area contributed by atoms with Crippen molar-refractivity contribution in [2.45, 2.75) is 32.2 Å². The minimum atomic E-state index is -0.428. The topological polar surface area (TPSA) is 43.1 Å². The molecule has 0 saturated carbocycles. The summed E-state index contributed by atoms with van der Waals surface area (Å²) >= 11 is 0. The third kappa shape index (κ3) is 3.17. The van der Waals surface area contributed by atoms with E-state index in [0.29, 0.717) is 12.8 Å². The molecule has 1 aromatic rings. The molecule has 76 valence electrons. The Hall–Kier alpha value is -1.38. The Labute approximate surface area is 83.9 Å². The van der Waals surface area contributed by atoms with E-state index in [9.17, 15) is 10.1 Å². The molecule has 0 fully saturated rings. The van der Waals surface area contributed by atoms with Crippen molar-refractivity contribution in [3.05, 3.63) is 46.0 Å². The van der Waals surface area contributed by atoms with E-state index in [4.69, 9.17) is 0 Å². The third-order valence-electron chi connectivity index (χ3n) is 2.23. The van der Waals surface area contributed by atoms with E-state index in [1.807, 2.05) is 37.3 Å². The van der Waals surface area contributed by atoms with Gasteiger partial charge in [0.1, 0.15) is 0 Å². The van der Waals surface area contributed by atoms with E-state index in [1.54, 1.807) is 0 Å². The van der Waals surface area contributed by atoms with Gasteiger partial charge in [-0.3, -0.25) is 10.1 Å². The summed E-state index contributed by atoms with van der Waals surface area (Å²) in [5.74, 6) is 0. The van der Waals surface area contributed by atoms with Gasteiger partial charge in [0.25, 0.3) is 0 Å². The van der Waals surface area contributed by atoms with Crippen LogP contribution in [-0.2, 0) is 6.42 Å². The van der Waals surface area contributed by atoms with Gasteiger partial charge in [0.05, 0.1) is 0 Å². The minimum Gasteiger partial charge on any atom is -0.264 e. The van der Waals surface area contributed by atoms with Crippen LogP contribution in [0.2, 0.25) is 0 Å². The van der Waals surface area contributed by atoms with E-state index in [2.05, 4.69) is 0 Å². The lowest BCUT2D eigenvalue weighted by Gasteiger charge is -2.07. The molecule has 1 aromatic carbocycles. The molecular formula is C11H15NO2. The first-order valence-electron chi connectivity index (χ1n) is 4.91. The summed E-state index contributed by atoms with van der Waals surface area (Å²) in [7, 11) is 0. The first kappa shape index (κ1) is 10.7. The molecule has 0 aromatic heterocycles. The Bertz CT molecular complexity index is 285. The SMILES string of the molecule is CCCC(Cc1ccccc1)[N+](=O)[O-]. The van der Waals surface area contributed by atoms with Crippen LogP contribution in [0.4, 0.5) is 0 Å². The number of hydrogen-bond acceptors (Lipinski definition) is 2. The summed E-state index contributed by atoms with van der Waals surface area (Å²) in [4.78, 5) is 10.5. The third-order valence-corrected chi connectivity index (χ3v) is 2.23. The first-order chi connectivity index (χ1) is 6.74. The molecule has 0 saturated heterocycles. The van der Waals surface area contributed by atoms with Crippen LogP contribution in [-0.4, -0.2) is 11.0 Å². The van der Waals surface area contributed by atoms with E-state index >= 15 is 0 Å². The molecular weight excluding hydrogens is 178 g/mol. The van der Waals surface area contributed by atoms with Crippen LogP contribution in [0.25, 0.3) is 0 Å². The number of nitro groups is 1. The number of hydrogen-bond donors (Lipinski definition) is 0. The molecule has 0 spiro atoms. The molecule has 0 amide bonds. The Morgan fingerprint density at radius 1 is 1.36 bits per heavy atom. The molecule has 0 aliphatic rings. The second kappa shape index (κ2) is 5.37. The maximum atomic E-state index is 10.7. The van der Waals surface area contributed by atoms with Gasteiger partial charge in [-0.2, -0.15) is 0 Å². The van der Waals surface area contributed by atoms with Gasteiger partial charge in [0.2, 0.25) is 6.04 Å². The predicted octanol–water partition coefficient (Wildman–Crippen LogP) is 2.67. The normalized spacial score (nSPS) is 12.4. The lowest BCUT2D eigenvalue weighted by molar-refractivity contribution is -0.523. The van der Waals surface area contributed by atoms with Crippen molar-refractivity contribution in [1.82, 2.24) is 0 Å². The molecule has 3 heteroatoms. The predicted molar refractivity (Wildman–Crippen MR) is 55.8 cm³/mol. The molecule has 1 atom stereocenters. The molecule has 0 bridgehead atoms. The zero-order chi connectivity index (χ0) is 10.4. The van der Waals surface area contributed by atoms with Crippen LogP contribution >= 0.6 is 0 Å². The Morgan fingerprint density at radius 2 is 2.00 bits per heavy atom. The second-order valence-corrected chi connectivity index (χ2v) is 3.42. The van der Waals surface area contributed by atoms with Crippen molar-refractivity contribution in [1.29, 1.82) is 0 Å². The van der Waals surface area contributed by atoms with Gasteiger partial charge < -0.3 is 0 Å². The van der Waals surface area contributed by atoms with Crippen molar-refractivity contribution in [2.75, 3.05) is 0 Å². The van der Waals surface area contributed by atoms with Crippen molar-refractivity contribution >= 4 is 0 Å². The van der Waals surface area contributed by atoms with Crippen LogP contribution in [0.5, 0.6) is 0 Å². The van der Waals surface area contributed by atoms with Crippen LogP contribution < -0.4 is 0 Å². The molecule has 0 aliphatic carbocycles.